The molecule has 8 heteroatoms. The van der Waals surface area contributed by atoms with E-state index < -0.39 is 9.84 Å². The number of hydrogen-bond donors (Lipinski definition) is 2. The third-order valence-corrected chi connectivity index (χ3v) is 5.23. The van der Waals surface area contributed by atoms with Crippen LogP contribution in [0.1, 0.15) is 11.3 Å². The zero-order chi connectivity index (χ0) is 12.3. The SMILES string of the molecule is CS(=O)(=O)c1ccc(CNC2=NCCCN2)s1.I. The third kappa shape index (κ3) is 4.39. The summed E-state index contributed by atoms with van der Waals surface area (Å²) in [5, 5.41) is 6.31. The number of halogens is 1. The van der Waals surface area contributed by atoms with Crippen LogP contribution in [0.2, 0.25) is 0 Å². The lowest BCUT2D eigenvalue weighted by Gasteiger charge is -2.15. The molecule has 1 aromatic heterocycles. The zero-order valence-corrected chi connectivity index (χ0v) is 13.9. The van der Waals surface area contributed by atoms with Crippen molar-refractivity contribution in [2.45, 2.75) is 17.2 Å². The highest BCUT2D eigenvalue weighted by molar-refractivity contribution is 14.0. The first-order valence-corrected chi connectivity index (χ1v) is 8.07. The van der Waals surface area contributed by atoms with Gasteiger partial charge in [0.1, 0.15) is 4.21 Å². The van der Waals surface area contributed by atoms with Crippen molar-refractivity contribution in [3.05, 3.63) is 17.0 Å². The molecule has 1 aliphatic heterocycles. The minimum Gasteiger partial charge on any atom is -0.356 e. The van der Waals surface area contributed by atoms with Gasteiger partial charge >= 0.3 is 0 Å². The Labute approximate surface area is 128 Å². The fraction of sp³-hybridized carbons (Fsp3) is 0.500. The summed E-state index contributed by atoms with van der Waals surface area (Å²) in [6, 6.07) is 3.48. The van der Waals surface area contributed by atoms with Crippen LogP contribution in [-0.4, -0.2) is 33.7 Å². The van der Waals surface area contributed by atoms with Gasteiger partial charge in [0.2, 0.25) is 0 Å². The van der Waals surface area contributed by atoms with Crippen LogP contribution in [0.25, 0.3) is 0 Å². The van der Waals surface area contributed by atoms with Crippen LogP contribution in [0.4, 0.5) is 0 Å². The second kappa shape index (κ2) is 6.71. The molecule has 0 unspecified atom stereocenters. The van der Waals surface area contributed by atoms with Gasteiger partial charge < -0.3 is 10.6 Å². The highest BCUT2D eigenvalue weighted by atomic mass is 127. The smallest absolute Gasteiger partial charge is 0.191 e. The van der Waals surface area contributed by atoms with E-state index >= 15 is 0 Å². The summed E-state index contributed by atoms with van der Waals surface area (Å²) < 4.78 is 23.0. The Morgan fingerprint density at radius 1 is 1.50 bits per heavy atom. The Kier molecular flexibility index (Phi) is 5.86. The molecule has 0 amide bonds. The summed E-state index contributed by atoms with van der Waals surface area (Å²) in [4.78, 5) is 5.27. The maximum Gasteiger partial charge on any atom is 0.191 e. The van der Waals surface area contributed by atoms with Crippen molar-refractivity contribution in [3.8, 4) is 0 Å². The van der Waals surface area contributed by atoms with Crippen LogP contribution in [0.15, 0.2) is 21.3 Å². The molecular formula is C10H16IN3O2S2. The van der Waals surface area contributed by atoms with Crippen LogP contribution in [-0.2, 0) is 16.4 Å². The number of aliphatic imine (C=N–C) groups is 1. The summed E-state index contributed by atoms with van der Waals surface area (Å²) >= 11 is 1.30. The van der Waals surface area contributed by atoms with Crippen molar-refractivity contribution in [2.24, 2.45) is 4.99 Å². The molecule has 0 saturated carbocycles. The molecule has 18 heavy (non-hydrogen) atoms. The molecular weight excluding hydrogens is 385 g/mol. The van der Waals surface area contributed by atoms with Crippen molar-refractivity contribution in [1.29, 1.82) is 0 Å². The minimum atomic E-state index is -3.08. The number of thiophene rings is 1. The Morgan fingerprint density at radius 2 is 2.28 bits per heavy atom. The van der Waals surface area contributed by atoms with Gasteiger partial charge in [0.25, 0.3) is 0 Å². The summed E-state index contributed by atoms with van der Waals surface area (Å²) in [5.41, 5.74) is 0. The minimum absolute atomic E-state index is 0. The number of sulfone groups is 1. The average Bonchev–Trinajstić information content (AvgIpc) is 2.76. The molecule has 0 saturated heterocycles. The summed E-state index contributed by atoms with van der Waals surface area (Å²) in [7, 11) is -3.08. The molecule has 0 aliphatic carbocycles. The van der Waals surface area contributed by atoms with Crippen molar-refractivity contribution >= 4 is 51.1 Å². The fourth-order valence-electron chi connectivity index (χ4n) is 1.47. The van der Waals surface area contributed by atoms with Gasteiger partial charge in [0.05, 0.1) is 6.54 Å². The van der Waals surface area contributed by atoms with Gasteiger partial charge in [0, 0.05) is 24.2 Å². The fourth-order valence-corrected chi connectivity index (χ4v) is 3.39. The van der Waals surface area contributed by atoms with Crippen LogP contribution in [0, 0.1) is 0 Å². The van der Waals surface area contributed by atoms with E-state index in [1.54, 1.807) is 6.07 Å². The molecule has 0 radical (unpaired) electrons. The number of nitrogens with zero attached hydrogens (tertiary/aromatic N) is 1. The molecule has 2 N–H and O–H groups in total. The second-order valence-electron chi connectivity index (χ2n) is 3.86. The molecule has 0 fully saturated rings. The average molecular weight is 401 g/mol. The van der Waals surface area contributed by atoms with E-state index in [0.717, 1.165) is 30.3 Å². The molecule has 2 heterocycles. The van der Waals surface area contributed by atoms with Crippen molar-refractivity contribution in [1.82, 2.24) is 10.6 Å². The topological polar surface area (TPSA) is 70.6 Å². The molecule has 1 aromatic rings. The Morgan fingerprint density at radius 3 is 2.83 bits per heavy atom. The van der Waals surface area contributed by atoms with Crippen molar-refractivity contribution < 1.29 is 8.42 Å². The van der Waals surface area contributed by atoms with Gasteiger partial charge in [-0.25, -0.2) is 8.42 Å². The first-order valence-electron chi connectivity index (χ1n) is 5.37. The largest absolute Gasteiger partial charge is 0.356 e. The Hall–Kier alpha value is -0.350. The molecule has 5 nitrogen and oxygen atoms in total. The third-order valence-electron chi connectivity index (χ3n) is 2.33. The molecule has 0 bridgehead atoms. The normalized spacial score (nSPS) is 15.3. The zero-order valence-electron chi connectivity index (χ0n) is 9.97. The summed E-state index contributed by atoms with van der Waals surface area (Å²) in [6.45, 7) is 2.38. The quantitative estimate of drug-likeness (QED) is 0.748. The standard InChI is InChI=1S/C10H15N3O2S2.HI/c1-17(14,15)9-4-3-8(16-9)7-13-10-11-5-2-6-12-10;/h3-4H,2,5-7H2,1H3,(H2,11,12,13);1H. The van der Waals surface area contributed by atoms with E-state index in [-0.39, 0.29) is 24.0 Å². The number of guanidine groups is 1. The number of rotatable bonds is 3. The van der Waals surface area contributed by atoms with E-state index in [0.29, 0.717) is 10.8 Å². The lowest BCUT2D eigenvalue weighted by molar-refractivity contribution is 0.604. The van der Waals surface area contributed by atoms with Gasteiger partial charge in [0.15, 0.2) is 15.8 Å². The van der Waals surface area contributed by atoms with E-state index in [1.165, 1.54) is 17.6 Å². The van der Waals surface area contributed by atoms with Crippen LogP contribution >= 0.6 is 35.3 Å². The highest BCUT2D eigenvalue weighted by Gasteiger charge is 2.11. The van der Waals surface area contributed by atoms with Gasteiger partial charge in [-0.1, -0.05) is 0 Å². The first kappa shape index (κ1) is 15.7. The highest BCUT2D eigenvalue weighted by Crippen LogP contribution is 2.21. The summed E-state index contributed by atoms with van der Waals surface area (Å²) in [5.74, 6) is 0.797. The maximum atomic E-state index is 11.3. The summed E-state index contributed by atoms with van der Waals surface area (Å²) in [6.07, 6.45) is 2.28. The monoisotopic (exact) mass is 401 g/mol. The van der Waals surface area contributed by atoms with Crippen LogP contribution < -0.4 is 10.6 Å². The second-order valence-corrected chi connectivity index (χ2v) is 7.27. The van der Waals surface area contributed by atoms with Gasteiger partial charge in [-0.3, -0.25) is 4.99 Å². The van der Waals surface area contributed by atoms with Crippen molar-refractivity contribution in [3.63, 3.8) is 0 Å². The molecule has 2 rings (SSSR count). The number of nitrogens with one attached hydrogen (secondary N) is 2. The maximum absolute atomic E-state index is 11.3. The lowest BCUT2D eigenvalue weighted by Crippen LogP contribution is -2.40. The first-order chi connectivity index (χ1) is 8.05. The number of hydrogen-bond acceptors (Lipinski definition) is 6. The lowest BCUT2D eigenvalue weighted by atomic mass is 10.4. The molecule has 0 aromatic carbocycles. The van der Waals surface area contributed by atoms with Gasteiger partial charge in [-0.15, -0.1) is 35.3 Å². The molecule has 0 atom stereocenters. The van der Waals surface area contributed by atoms with E-state index in [4.69, 9.17) is 0 Å². The molecule has 102 valence electrons. The van der Waals surface area contributed by atoms with E-state index in [1.807, 2.05) is 6.07 Å². The Balaban J connectivity index is 0.00000162. The van der Waals surface area contributed by atoms with E-state index in [9.17, 15) is 8.42 Å². The molecule has 1 aliphatic rings. The molecule has 0 spiro atoms. The van der Waals surface area contributed by atoms with Crippen LogP contribution in [0.5, 0.6) is 0 Å². The Bertz CT molecular complexity index is 525. The van der Waals surface area contributed by atoms with Crippen LogP contribution in [0.3, 0.4) is 0 Å². The van der Waals surface area contributed by atoms with E-state index in [2.05, 4.69) is 15.6 Å². The van der Waals surface area contributed by atoms with Crippen molar-refractivity contribution in [2.75, 3.05) is 19.3 Å². The predicted octanol–water partition coefficient (Wildman–Crippen LogP) is 1.21. The van der Waals surface area contributed by atoms with Gasteiger partial charge in [-0.05, 0) is 18.6 Å². The predicted molar refractivity (Wildman–Crippen MR) is 84.6 cm³/mol. The van der Waals surface area contributed by atoms with Gasteiger partial charge in [-0.2, -0.15) is 0 Å².